The number of carbonyl (C=O) groups excluding carboxylic acids is 2. The third kappa shape index (κ3) is 7.69. The van der Waals surface area contributed by atoms with E-state index in [0.29, 0.717) is 36.1 Å². The lowest BCUT2D eigenvalue weighted by Gasteiger charge is -2.44. The molecular formula is C21H24F6N4O6. The fourth-order valence-corrected chi connectivity index (χ4v) is 4.27. The van der Waals surface area contributed by atoms with Crippen molar-refractivity contribution in [1.29, 1.82) is 0 Å². The maximum absolute atomic E-state index is 13.6. The van der Waals surface area contributed by atoms with Crippen LogP contribution in [0, 0.1) is 11.8 Å². The molecule has 206 valence electrons. The van der Waals surface area contributed by atoms with Gasteiger partial charge in [0.2, 0.25) is 5.91 Å². The summed E-state index contributed by atoms with van der Waals surface area (Å²) in [5.74, 6) is -6.74. The highest BCUT2D eigenvalue weighted by Crippen LogP contribution is 2.36. The van der Waals surface area contributed by atoms with Gasteiger partial charge in [0.05, 0.1) is 5.92 Å². The second-order valence-corrected chi connectivity index (χ2v) is 8.56. The zero-order valence-corrected chi connectivity index (χ0v) is 19.1. The number of alkyl halides is 6. The first-order chi connectivity index (χ1) is 17.0. The summed E-state index contributed by atoms with van der Waals surface area (Å²) in [4.78, 5) is 49.7. The normalized spacial score (nSPS) is 21.2. The smallest absolute Gasteiger partial charge is 0.480 e. The van der Waals surface area contributed by atoms with E-state index in [2.05, 4.69) is 4.98 Å². The van der Waals surface area contributed by atoms with Crippen molar-refractivity contribution in [1.82, 2.24) is 15.2 Å². The summed E-state index contributed by atoms with van der Waals surface area (Å²) < 4.78 is 72.4. The molecule has 1 aliphatic heterocycles. The molecule has 2 aliphatic rings. The van der Waals surface area contributed by atoms with Crippen molar-refractivity contribution >= 4 is 29.7 Å². The summed E-state index contributed by atoms with van der Waals surface area (Å²) in [7, 11) is 0. The average Bonchev–Trinajstić information content (AvgIpc) is 2.78. The van der Waals surface area contributed by atoms with E-state index in [1.54, 1.807) is 6.07 Å². The van der Waals surface area contributed by atoms with Crippen LogP contribution < -0.4 is 11.1 Å². The number of carboxylic acid groups (broad SMARTS) is 2. The number of nitrogens with zero attached hydrogens (tertiary/aromatic N) is 2. The molecule has 0 aromatic carbocycles. The summed E-state index contributed by atoms with van der Waals surface area (Å²) in [6, 6.07) is -1.98. The van der Waals surface area contributed by atoms with Gasteiger partial charge in [-0.3, -0.25) is 4.79 Å². The Morgan fingerprint density at radius 1 is 1.11 bits per heavy atom. The molecule has 2 fully saturated rings. The van der Waals surface area contributed by atoms with E-state index >= 15 is 0 Å². The van der Waals surface area contributed by atoms with Crippen molar-refractivity contribution in [2.75, 3.05) is 5.73 Å². The molecule has 1 aromatic heterocycles. The van der Waals surface area contributed by atoms with Gasteiger partial charge in [0.1, 0.15) is 11.9 Å². The number of rotatable bonds is 5. The number of anilines is 1. The second kappa shape index (κ2) is 11.6. The zero-order valence-electron chi connectivity index (χ0n) is 19.1. The van der Waals surface area contributed by atoms with Gasteiger partial charge in [-0.05, 0) is 42.9 Å². The van der Waals surface area contributed by atoms with Crippen molar-refractivity contribution < 1.29 is 55.7 Å². The van der Waals surface area contributed by atoms with Crippen LogP contribution in [0.4, 0.5) is 37.0 Å². The number of halogens is 6. The van der Waals surface area contributed by atoms with Gasteiger partial charge in [0, 0.05) is 6.20 Å². The Kier molecular flexibility index (Phi) is 9.33. The van der Waals surface area contributed by atoms with Crippen LogP contribution in [0.2, 0.25) is 0 Å². The Hall–Kier alpha value is -3.59. The van der Waals surface area contributed by atoms with Gasteiger partial charge in [-0.2, -0.15) is 26.3 Å². The number of carboxylic acids is 2. The maximum Gasteiger partial charge on any atom is 0.490 e. The number of aromatic nitrogens is 1. The van der Waals surface area contributed by atoms with Crippen molar-refractivity contribution in [2.45, 2.75) is 63.0 Å². The molecule has 1 saturated carbocycles. The van der Waals surface area contributed by atoms with Gasteiger partial charge in [-0.1, -0.05) is 19.3 Å². The molecule has 16 heteroatoms. The van der Waals surface area contributed by atoms with E-state index in [0.717, 1.165) is 6.42 Å². The van der Waals surface area contributed by atoms with Crippen molar-refractivity contribution in [3.05, 3.63) is 23.9 Å². The summed E-state index contributed by atoms with van der Waals surface area (Å²) in [6.45, 7) is 0. The Balaban J connectivity index is 0.000000604. The van der Waals surface area contributed by atoms with E-state index in [4.69, 9.17) is 15.6 Å². The molecule has 10 nitrogen and oxygen atoms in total. The standard InChI is InChI=1S/C19H23F3N4O4.C2HF3O2/c20-19(21,22)15(11-4-2-1-3-5-11)25-18(30)26-14(17(28)29)12(16(26)27)8-10-6-7-24-13(23)9-10;3-2(4,5)1(6)7/h6-7,9,11-12,14-15H,1-5,8H2,(H2,23,24)(H,25,30)(H,28,29);(H,6,7)/t12-,14+,15+;/m1./s1. The lowest BCUT2D eigenvalue weighted by Crippen LogP contribution is -2.70. The fourth-order valence-electron chi connectivity index (χ4n) is 4.27. The van der Waals surface area contributed by atoms with Gasteiger partial charge in [-0.15, -0.1) is 0 Å². The zero-order chi connectivity index (χ0) is 28.1. The molecule has 2 heterocycles. The topological polar surface area (TPSA) is 163 Å². The van der Waals surface area contributed by atoms with E-state index in [1.807, 2.05) is 5.32 Å². The van der Waals surface area contributed by atoms with Crippen LogP contribution in [0.3, 0.4) is 0 Å². The van der Waals surface area contributed by atoms with Crippen molar-refractivity contribution in [3.8, 4) is 0 Å². The number of hydrogen-bond acceptors (Lipinski definition) is 6. The fraction of sp³-hybridized carbons (Fsp3) is 0.571. The number of nitrogens with two attached hydrogens (primary N) is 1. The number of carbonyl (C=O) groups is 4. The monoisotopic (exact) mass is 542 g/mol. The predicted octanol–water partition coefficient (Wildman–Crippen LogP) is 2.97. The van der Waals surface area contributed by atoms with Crippen molar-refractivity contribution in [3.63, 3.8) is 0 Å². The third-order valence-corrected chi connectivity index (χ3v) is 5.98. The average molecular weight is 542 g/mol. The van der Waals surface area contributed by atoms with Gasteiger partial charge in [-0.25, -0.2) is 24.3 Å². The van der Waals surface area contributed by atoms with E-state index in [9.17, 15) is 45.8 Å². The Morgan fingerprint density at radius 3 is 2.14 bits per heavy atom. The molecule has 0 unspecified atom stereocenters. The minimum Gasteiger partial charge on any atom is -0.480 e. The minimum atomic E-state index is -5.08. The molecule has 5 N–H and O–H groups in total. The highest BCUT2D eigenvalue weighted by molar-refractivity contribution is 6.07. The molecule has 3 amide bonds. The Morgan fingerprint density at radius 2 is 1.68 bits per heavy atom. The van der Waals surface area contributed by atoms with Crippen molar-refractivity contribution in [2.24, 2.45) is 11.8 Å². The minimum absolute atomic E-state index is 0.0162. The van der Waals surface area contributed by atoms with Crippen LogP contribution in [-0.2, 0) is 20.8 Å². The molecular weight excluding hydrogens is 518 g/mol. The summed E-state index contributed by atoms with van der Waals surface area (Å²) >= 11 is 0. The number of likely N-dealkylation sites (tertiary alicyclic amines) is 1. The number of hydrogen-bond donors (Lipinski definition) is 4. The number of nitrogens with one attached hydrogen (secondary N) is 1. The molecule has 0 bridgehead atoms. The summed E-state index contributed by atoms with van der Waals surface area (Å²) in [5.41, 5.74) is 6.12. The predicted molar refractivity (Wildman–Crippen MR) is 113 cm³/mol. The number of imide groups is 1. The number of urea groups is 1. The third-order valence-electron chi connectivity index (χ3n) is 5.98. The molecule has 37 heavy (non-hydrogen) atoms. The van der Waals surface area contributed by atoms with Crippen LogP contribution in [0.5, 0.6) is 0 Å². The van der Waals surface area contributed by atoms with Gasteiger partial charge < -0.3 is 21.3 Å². The van der Waals surface area contributed by atoms with Crippen LogP contribution >= 0.6 is 0 Å². The van der Waals surface area contributed by atoms with Gasteiger partial charge in [0.15, 0.2) is 6.04 Å². The van der Waals surface area contributed by atoms with Crippen LogP contribution in [0.15, 0.2) is 18.3 Å². The van der Waals surface area contributed by atoms with E-state index in [-0.39, 0.29) is 12.2 Å². The lowest BCUT2D eigenvalue weighted by atomic mass is 9.82. The summed E-state index contributed by atoms with van der Waals surface area (Å²) in [6.07, 6.45) is -5.68. The number of nitrogen functional groups attached to an aromatic ring is 1. The number of amides is 3. The van der Waals surface area contributed by atoms with Crippen LogP contribution in [0.1, 0.15) is 37.7 Å². The molecule has 1 aliphatic carbocycles. The lowest BCUT2D eigenvalue weighted by molar-refractivity contribution is -0.192. The van der Waals surface area contributed by atoms with Crippen LogP contribution in [-0.4, -0.2) is 68.4 Å². The quantitative estimate of drug-likeness (QED) is 0.326. The molecule has 0 radical (unpaired) electrons. The Bertz CT molecular complexity index is 1010. The molecule has 3 rings (SSSR count). The second-order valence-electron chi connectivity index (χ2n) is 8.56. The molecule has 0 spiro atoms. The first-order valence-corrected chi connectivity index (χ1v) is 11.0. The van der Waals surface area contributed by atoms with E-state index < -0.39 is 60.1 Å². The van der Waals surface area contributed by atoms with Gasteiger partial charge in [0.25, 0.3) is 0 Å². The molecule has 1 aromatic rings. The number of aliphatic carboxylic acids is 2. The maximum atomic E-state index is 13.6. The molecule has 3 atom stereocenters. The first kappa shape index (κ1) is 29.6. The van der Waals surface area contributed by atoms with Crippen LogP contribution in [0.25, 0.3) is 0 Å². The van der Waals surface area contributed by atoms with Gasteiger partial charge >= 0.3 is 30.3 Å². The molecule has 1 saturated heterocycles. The SMILES string of the molecule is Nc1cc(C[C@H]2C(=O)N(C(=O)N[C@@H](C3CCCCC3)C(F)(F)F)[C@@H]2C(=O)O)ccn1.O=C(O)C(F)(F)F. The number of pyridine rings is 1. The van der Waals surface area contributed by atoms with E-state index in [1.165, 1.54) is 12.3 Å². The Labute approximate surface area is 205 Å². The largest absolute Gasteiger partial charge is 0.490 e. The number of β-lactam (4-membered cyclic amide) rings is 1. The first-order valence-electron chi connectivity index (χ1n) is 11.0. The highest BCUT2D eigenvalue weighted by atomic mass is 19.4. The summed E-state index contributed by atoms with van der Waals surface area (Å²) in [5, 5.41) is 18.5. The highest BCUT2D eigenvalue weighted by Gasteiger charge is 2.56.